The number of aliphatic hydroxyl groups is 2. The monoisotopic (exact) mass is 495 g/mol. The number of hydrogen-bond acceptors (Lipinski definition) is 6. The van der Waals surface area contributed by atoms with Gasteiger partial charge in [-0.3, -0.25) is 4.79 Å². The fourth-order valence-corrected chi connectivity index (χ4v) is 3.58. The highest BCUT2D eigenvalue weighted by Gasteiger charge is 2.07. The van der Waals surface area contributed by atoms with Crippen LogP contribution in [0.25, 0.3) is 0 Å². The lowest BCUT2D eigenvalue weighted by atomic mass is 10.0. The van der Waals surface area contributed by atoms with Gasteiger partial charge < -0.3 is 25.8 Å². The molecule has 0 bridgehead atoms. The number of unbranched alkanes of at least 4 members (excludes halogenated alkanes) is 14. The number of hydrogen-bond donors (Lipinski definition) is 4. The van der Waals surface area contributed by atoms with Gasteiger partial charge in [-0.25, -0.2) is 4.79 Å². The van der Waals surface area contributed by atoms with Crippen molar-refractivity contribution in [2.45, 2.75) is 116 Å². The van der Waals surface area contributed by atoms with Crippen LogP contribution in [0.2, 0.25) is 0 Å². The van der Waals surface area contributed by atoms with Gasteiger partial charge in [0, 0.05) is 12.1 Å². The summed E-state index contributed by atoms with van der Waals surface area (Å²) in [5, 5.41) is 26.1. The molecule has 1 aromatic rings. The molecule has 1 unspecified atom stereocenters. The summed E-state index contributed by atoms with van der Waals surface area (Å²) in [5.74, 6) is -1.21. The number of carbonyl (C=O) groups is 2. The van der Waals surface area contributed by atoms with E-state index in [4.69, 9.17) is 25.8 Å². The highest BCUT2D eigenvalue weighted by atomic mass is 16.5. The highest BCUT2D eigenvalue weighted by Crippen LogP contribution is 2.13. The molecular formula is C28H49NO6. The van der Waals surface area contributed by atoms with Gasteiger partial charge in [0.25, 0.3) is 0 Å². The van der Waals surface area contributed by atoms with Crippen molar-refractivity contribution in [3.8, 4) is 0 Å². The van der Waals surface area contributed by atoms with Crippen LogP contribution < -0.4 is 5.73 Å². The zero-order valence-corrected chi connectivity index (χ0v) is 21.8. The second-order valence-corrected chi connectivity index (χ2v) is 9.15. The van der Waals surface area contributed by atoms with E-state index < -0.39 is 12.1 Å². The first kappa shape index (κ1) is 32.9. The van der Waals surface area contributed by atoms with E-state index in [0.717, 1.165) is 12.8 Å². The van der Waals surface area contributed by atoms with E-state index >= 15 is 0 Å². The van der Waals surface area contributed by atoms with Crippen LogP contribution in [-0.2, 0) is 9.53 Å². The number of aromatic carboxylic acids is 1. The number of esters is 1. The predicted octanol–water partition coefficient (Wildman–Crippen LogP) is 6.11. The Balaban J connectivity index is 0.000000952. The smallest absolute Gasteiger partial charge is 0.335 e. The van der Waals surface area contributed by atoms with Gasteiger partial charge in [0.2, 0.25) is 0 Å². The molecule has 0 spiro atoms. The van der Waals surface area contributed by atoms with Gasteiger partial charge in [0.15, 0.2) is 0 Å². The number of carboxylic acid groups (broad SMARTS) is 1. The van der Waals surface area contributed by atoms with Crippen molar-refractivity contribution < 1.29 is 29.6 Å². The maximum Gasteiger partial charge on any atom is 0.335 e. The summed E-state index contributed by atoms with van der Waals surface area (Å²) in [6.45, 7) is 1.79. The number of nitrogen functional groups attached to an aromatic ring is 1. The third kappa shape index (κ3) is 22.1. The number of carbonyl (C=O) groups excluding carboxylic acids is 1. The van der Waals surface area contributed by atoms with Crippen molar-refractivity contribution in [1.82, 2.24) is 0 Å². The van der Waals surface area contributed by atoms with Crippen LogP contribution in [0.4, 0.5) is 5.69 Å². The zero-order valence-electron chi connectivity index (χ0n) is 21.8. The fourth-order valence-electron chi connectivity index (χ4n) is 3.58. The van der Waals surface area contributed by atoms with Crippen molar-refractivity contribution in [2.75, 3.05) is 18.9 Å². The van der Waals surface area contributed by atoms with E-state index in [1.807, 2.05) is 0 Å². The van der Waals surface area contributed by atoms with Gasteiger partial charge in [-0.05, 0) is 30.7 Å². The standard InChI is InChI=1S/C21H42O4.C7H7NO2/c1-2-3-4-5-6-7-8-9-10-11-12-13-14-15-16-17-21(24)25-19-20(23)18-22;8-6-3-1-5(2-4-6)7(9)10/h20,22-23H,2-19H2,1H3;1-4H,8H2,(H,9,10). The Morgan fingerprint density at radius 3 is 1.63 bits per heavy atom. The number of carboxylic acids is 1. The number of nitrogens with two attached hydrogens (primary N) is 1. The van der Waals surface area contributed by atoms with Gasteiger partial charge in [0.05, 0.1) is 12.2 Å². The van der Waals surface area contributed by atoms with Crippen LogP contribution in [0.3, 0.4) is 0 Å². The number of rotatable bonds is 20. The molecule has 0 aliphatic heterocycles. The molecule has 202 valence electrons. The Morgan fingerprint density at radius 1 is 0.800 bits per heavy atom. The average molecular weight is 496 g/mol. The molecule has 1 rings (SSSR count). The van der Waals surface area contributed by atoms with Crippen LogP contribution >= 0.6 is 0 Å². The lowest BCUT2D eigenvalue weighted by Gasteiger charge is -2.08. The molecular weight excluding hydrogens is 446 g/mol. The average Bonchev–Trinajstić information content (AvgIpc) is 2.85. The zero-order chi connectivity index (χ0) is 26.2. The van der Waals surface area contributed by atoms with Crippen LogP contribution in [0.5, 0.6) is 0 Å². The minimum atomic E-state index is -0.954. The molecule has 7 nitrogen and oxygen atoms in total. The first-order valence-corrected chi connectivity index (χ1v) is 13.4. The molecule has 5 N–H and O–H groups in total. The van der Waals surface area contributed by atoms with Gasteiger partial charge in [0.1, 0.15) is 12.7 Å². The third-order valence-electron chi connectivity index (χ3n) is 5.79. The van der Waals surface area contributed by atoms with Gasteiger partial charge in [-0.15, -0.1) is 0 Å². The summed E-state index contributed by atoms with van der Waals surface area (Å²) < 4.78 is 4.86. The summed E-state index contributed by atoms with van der Waals surface area (Å²) >= 11 is 0. The SMILES string of the molecule is CCCCCCCCCCCCCCCCCC(=O)OCC(O)CO.Nc1ccc(C(=O)O)cc1. The summed E-state index contributed by atoms with van der Waals surface area (Å²) in [4.78, 5) is 21.7. The third-order valence-corrected chi connectivity index (χ3v) is 5.79. The maximum absolute atomic E-state index is 11.4. The Kier molecular flexibility index (Phi) is 22.2. The number of ether oxygens (including phenoxy) is 1. The van der Waals surface area contributed by atoms with E-state index in [1.165, 1.54) is 95.6 Å². The molecule has 7 heteroatoms. The summed E-state index contributed by atoms with van der Waals surface area (Å²) in [6.07, 6.45) is 19.0. The summed E-state index contributed by atoms with van der Waals surface area (Å²) in [5.41, 5.74) is 6.17. The summed E-state index contributed by atoms with van der Waals surface area (Å²) in [6, 6.07) is 6.06. The van der Waals surface area contributed by atoms with Crippen molar-refractivity contribution in [1.29, 1.82) is 0 Å². The molecule has 0 heterocycles. The second kappa shape index (κ2) is 23.6. The Morgan fingerprint density at radius 2 is 1.23 bits per heavy atom. The van der Waals surface area contributed by atoms with Crippen LogP contribution in [-0.4, -0.2) is 46.6 Å². The molecule has 35 heavy (non-hydrogen) atoms. The predicted molar refractivity (Wildman–Crippen MR) is 141 cm³/mol. The Hall–Kier alpha value is -2.12. The number of aliphatic hydroxyl groups excluding tert-OH is 2. The van der Waals surface area contributed by atoms with Gasteiger partial charge in [-0.1, -0.05) is 96.8 Å². The van der Waals surface area contributed by atoms with E-state index in [0.29, 0.717) is 12.1 Å². The van der Waals surface area contributed by atoms with E-state index in [9.17, 15) is 9.59 Å². The van der Waals surface area contributed by atoms with Crippen LogP contribution in [0, 0.1) is 0 Å². The topological polar surface area (TPSA) is 130 Å². The molecule has 0 aliphatic carbocycles. The van der Waals surface area contributed by atoms with Crippen molar-refractivity contribution in [3.63, 3.8) is 0 Å². The first-order valence-electron chi connectivity index (χ1n) is 13.4. The van der Waals surface area contributed by atoms with E-state index in [1.54, 1.807) is 12.1 Å². The van der Waals surface area contributed by atoms with E-state index in [2.05, 4.69) is 6.92 Å². The van der Waals surface area contributed by atoms with E-state index in [-0.39, 0.29) is 24.7 Å². The molecule has 0 saturated carbocycles. The first-order chi connectivity index (χ1) is 16.9. The minimum Gasteiger partial charge on any atom is -0.478 e. The molecule has 0 aliphatic rings. The van der Waals surface area contributed by atoms with Crippen LogP contribution in [0.15, 0.2) is 24.3 Å². The summed E-state index contributed by atoms with van der Waals surface area (Å²) in [7, 11) is 0. The quantitative estimate of drug-likeness (QED) is 0.0975. The molecule has 0 radical (unpaired) electrons. The van der Waals surface area contributed by atoms with Gasteiger partial charge in [-0.2, -0.15) is 0 Å². The Labute approximate surface area is 212 Å². The molecule has 1 atom stereocenters. The molecule has 1 aromatic carbocycles. The lowest BCUT2D eigenvalue weighted by Crippen LogP contribution is -2.21. The number of benzene rings is 1. The minimum absolute atomic E-state index is 0.103. The lowest BCUT2D eigenvalue weighted by molar-refractivity contribution is -0.147. The van der Waals surface area contributed by atoms with Crippen molar-refractivity contribution in [3.05, 3.63) is 29.8 Å². The second-order valence-electron chi connectivity index (χ2n) is 9.15. The molecule has 0 fully saturated rings. The van der Waals surface area contributed by atoms with Crippen LogP contribution in [0.1, 0.15) is 120 Å². The largest absolute Gasteiger partial charge is 0.478 e. The fraction of sp³-hybridized carbons (Fsp3) is 0.714. The normalized spacial score (nSPS) is 11.4. The van der Waals surface area contributed by atoms with Crippen molar-refractivity contribution in [2.24, 2.45) is 0 Å². The highest BCUT2D eigenvalue weighted by molar-refractivity contribution is 5.87. The molecule has 0 amide bonds. The molecule has 0 aromatic heterocycles. The number of anilines is 1. The molecule has 0 saturated heterocycles. The maximum atomic E-state index is 11.4. The van der Waals surface area contributed by atoms with Gasteiger partial charge >= 0.3 is 11.9 Å². The Bertz CT molecular complexity index is 635. The van der Waals surface area contributed by atoms with Crippen molar-refractivity contribution >= 4 is 17.6 Å².